The summed E-state index contributed by atoms with van der Waals surface area (Å²) in [4.78, 5) is 7.63. The summed E-state index contributed by atoms with van der Waals surface area (Å²) in [6.45, 7) is 0.395. The Bertz CT molecular complexity index is 835. The molecule has 5 nitrogen and oxygen atoms in total. The summed E-state index contributed by atoms with van der Waals surface area (Å²) in [5.41, 5.74) is 1.62. The third-order valence-electron chi connectivity index (χ3n) is 3.60. The van der Waals surface area contributed by atoms with Crippen LogP contribution in [0, 0.1) is 6.92 Å². The first-order valence-electron chi connectivity index (χ1n) is 7.61. The Morgan fingerprint density at radius 1 is 1.24 bits per heavy atom. The van der Waals surface area contributed by atoms with Gasteiger partial charge in [-0.25, -0.2) is 0 Å². The van der Waals surface area contributed by atoms with Crippen molar-refractivity contribution in [2.75, 3.05) is 7.05 Å². The first kappa shape index (κ1) is 17.5. The lowest BCUT2D eigenvalue weighted by Crippen LogP contribution is -2.17. The second-order valence-electron chi connectivity index (χ2n) is 5.59. The second-order valence-corrected chi connectivity index (χ2v) is 6.59. The molecule has 0 atom stereocenters. The molecule has 0 aliphatic heterocycles. The van der Waals surface area contributed by atoms with Gasteiger partial charge in [-0.05, 0) is 43.1 Å². The highest BCUT2D eigenvalue weighted by atomic mass is 32.1. The first-order chi connectivity index (χ1) is 12.0. The molecule has 8 heteroatoms. The molecule has 0 radical (unpaired) electrons. The van der Waals surface area contributed by atoms with E-state index in [-0.39, 0.29) is 11.6 Å². The van der Waals surface area contributed by atoms with Crippen molar-refractivity contribution >= 4 is 11.3 Å². The van der Waals surface area contributed by atoms with Gasteiger partial charge in [0.2, 0.25) is 11.7 Å². The summed E-state index contributed by atoms with van der Waals surface area (Å²) >= 11 is 1.70. The second kappa shape index (κ2) is 7.71. The van der Waals surface area contributed by atoms with Gasteiger partial charge in [-0.1, -0.05) is 17.3 Å². The van der Waals surface area contributed by atoms with Crippen molar-refractivity contribution in [2.24, 2.45) is 0 Å². The minimum atomic E-state index is -2.91. The van der Waals surface area contributed by atoms with Crippen molar-refractivity contribution in [1.29, 1.82) is 0 Å². The summed E-state index contributed by atoms with van der Waals surface area (Å²) in [6.07, 6.45) is 0. The molecular formula is C17H17F2N3O2S. The van der Waals surface area contributed by atoms with Crippen LogP contribution in [0.3, 0.4) is 0 Å². The molecule has 1 aromatic carbocycles. The lowest BCUT2D eigenvalue weighted by molar-refractivity contribution is -0.0494. The molecule has 0 saturated heterocycles. The Morgan fingerprint density at radius 2 is 2.04 bits per heavy atom. The first-order valence-corrected chi connectivity index (χ1v) is 8.49. The highest BCUT2D eigenvalue weighted by Crippen LogP contribution is 2.29. The zero-order valence-electron chi connectivity index (χ0n) is 13.8. The fourth-order valence-electron chi connectivity index (χ4n) is 2.38. The van der Waals surface area contributed by atoms with Gasteiger partial charge in [0.25, 0.3) is 0 Å². The van der Waals surface area contributed by atoms with E-state index in [0.717, 1.165) is 6.54 Å². The van der Waals surface area contributed by atoms with Crippen molar-refractivity contribution in [3.05, 3.63) is 52.0 Å². The highest BCUT2D eigenvalue weighted by Gasteiger charge is 2.17. The number of alkyl halides is 2. The van der Waals surface area contributed by atoms with Crippen LogP contribution in [-0.4, -0.2) is 28.7 Å². The van der Waals surface area contributed by atoms with Gasteiger partial charge in [0.1, 0.15) is 5.75 Å². The lowest BCUT2D eigenvalue weighted by Gasteiger charge is -2.13. The topological polar surface area (TPSA) is 51.4 Å². The molecule has 0 fully saturated rings. The maximum atomic E-state index is 12.5. The molecule has 0 aliphatic rings. The zero-order valence-corrected chi connectivity index (χ0v) is 14.6. The van der Waals surface area contributed by atoms with E-state index >= 15 is 0 Å². The Hall–Kier alpha value is -2.32. The Balaban J connectivity index is 1.71. The van der Waals surface area contributed by atoms with Gasteiger partial charge in [-0.15, -0.1) is 11.3 Å². The van der Waals surface area contributed by atoms with Crippen LogP contribution in [0.25, 0.3) is 11.4 Å². The average Bonchev–Trinajstić information content (AvgIpc) is 3.17. The molecule has 0 unspecified atom stereocenters. The minimum absolute atomic E-state index is 0.0208. The maximum absolute atomic E-state index is 12.5. The predicted molar refractivity (Wildman–Crippen MR) is 90.6 cm³/mol. The van der Waals surface area contributed by atoms with Crippen molar-refractivity contribution in [1.82, 2.24) is 15.0 Å². The number of hydrogen-bond donors (Lipinski definition) is 0. The third-order valence-corrected chi connectivity index (χ3v) is 4.61. The van der Waals surface area contributed by atoms with Gasteiger partial charge in [0.05, 0.1) is 12.1 Å². The lowest BCUT2D eigenvalue weighted by atomic mass is 10.2. The van der Waals surface area contributed by atoms with Gasteiger partial charge in [-0.3, -0.25) is 4.90 Å². The Labute approximate surface area is 147 Å². The summed E-state index contributed by atoms with van der Waals surface area (Å²) < 4.78 is 34.8. The molecule has 0 bridgehead atoms. The molecule has 0 amide bonds. The molecule has 25 heavy (non-hydrogen) atoms. The monoisotopic (exact) mass is 365 g/mol. The van der Waals surface area contributed by atoms with Gasteiger partial charge < -0.3 is 9.26 Å². The Morgan fingerprint density at radius 3 is 2.76 bits per heavy atom. The van der Waals surface area contributed by atoms with Crippen LogP contribution in [-0.2, 0) is 13.1 Å². The molecule has 0 spiro atoms. The van der Waals surface area contributed by atoms with Crippen LogP contribution in [0.4, 0.5) is 8.78 Å². The smallest absolute Gasteiger partial charge is 0.387 e. The largest absolute Gasteiger partial charge is 0.434 e. The average molecular weight is 365 g/mol. The van der Waals surface area contributed by atoms with Crippen molar-refractivity contribution in [3.63, 3.8) is 0 Å². The number of ether oxygens (including phenoxy) is 1. The molecule has 3 aromatic rings. The quantitative estimate of drug-likeness (QED) is 0.623. The number of benzene rings is 1. The van der Waals surface area contributed by atoms with Crippen LogP contribution < -0.4 is 4.74 Å². The summed E-state index contributed by atoms with van der Waals surface area (Å²) in [5, 5.41) is 5.95. The number of halogens is 2. The van der Waals surface area contributed by atoms with Crippen LogP contribution >= 0.6 is 11.3 Å². The fourth-order valence-corrected chi connectivity index (χ4v) is 3.36. The van der Waals surface area contributed by atoms with Crippen molar-refractivity contribution < 1.29 is 18.0 Å². The van der Waals surface area contributed by atoms with Gasteiger partial charge >= 0.3 is 6.61 Å². The molecule has 2 heterocycles. The van der Waals surface area contributed by atoms with Crippen molar-refractivity contribution in [2.45, 2.75) is 26.6 Å². The molecular weight excluding hydrogens is 348 g/mol. The van der Waals surface area contributed by atoms with Crippen LogP contribution in [0.5, 0.6) is 5.75 Å². The Kier molecular flexibility index (Phi) is 5.40. The molecule has 132 valence electrons. The number of aryl methyl sites for hydroxylation is 1. The number of para-hydroxylation sites is 1. The summed E-state index contributed by atoms with van der Waals surface area (Å²) in [7, 11) is 1.96. The van der Waals surface area contributed by atoms with E-state index in [2.05, 4.69) is 38.1 Å². The number of hydrogen-bond acceptors (Lipinski definition) is 6. The standard InChI is InChI=1S/C17H17F2N3O2S/c1-11-7-8-25-14(11)9-22(2)10-15-20-16(21-24-15)12-5-3-4-6-13(12)23-17(18)19/h3-8,17H,9-10H2,1-2H3. The molecule has 2 aromatic heterocycles. The van der Waals surface area contributed by atoms with Crippen LogP contribution in [0.2, 0.25) is 0 Å². The van der Waals surface area contributed by atoms with E-state index < -0.39 is 6.61 Å². The summed E-state index contributed by atoms with van der Waals surface area (Å²) in [6, 6.07) is 8.46. The molecule has 0 saturated carbocycles. The van der Waals surface area contributed by atoms with E-state index in [0.29, 0.717) is 18.0 Å². The summed E-state index contributed by atoms with van der Waals surface area (Å²) in [5.74, 6) is 0.665. The van der Waals surface area contributed by atoms with Crippen LogP contribution in [0.15, 0.2) is 40.2 Å². The molecule has 0 aliphatic carbocycles. The fraction of sp³-hybridized carbons (Fsp3) is 0.294. The zero-order chi connectivity index (χ0) is 17.8. The number of thiophene rings is 1. The van der Waals surface area contributed by atoms with Crippen LogP contribution in [0.1, 0.15) is 16.3 Å². The molecule has 0 N–H and O–H groups in total. The number of rotatable bonds is 7. The van der Waals surface area contributed by atoms with Crippen molar-refractivity contribution in [3.8, 4) is 17.1 Å². The predicted octanol–water partition coefficient (Wildman–Crippen LogP) is 4.34. The van der Waals surface area contributed by atoms with E-state index in [4.69, 9.17) is 4.52 Å². The van der Waals surface area contributed by atoms with E-state index in [1.807, 2.05) is 7.05 Å². The number of aromatic nitrogens is 2. The number of nitrogens with zero attached hydrogens (tertiary/aromatic N) is 3. The normalized spacial score (nSPS) is 11.4. The van der Waals surface area contributed by atoms with E-state index in [1.165, 1.54) is 16.5 Å². The SMILES string of the molecule is Cc1ccsc1CN(C)Cc1nc(-c2ccccc2OC(F)F)no1. The van der Waals surface area contributed by atoms with Gasteiger partial charge in [0, 0.05) is 11.4 Å². The molecule has 3 rings (SSSR count). The third kappa shape index (κ3) is 4.40. The highest BCUT2D eigenvalue weighted by molar-refractivity contribution is 7.10. The van der Waals surface area contributed by atoms with Gasteiger partial charge in [-0.2, -0.15) is 13.8 Å². The minimum Gasteiger partial charge on any atom is -0.434 e. The van der Waals surface area contributed by atoms with Gasteiger partial charge in [0.15, 0.2) is 0 Å². The van der Waals surface area contributed by atoms with E-state index in [9.17, 15) is 8.78 Å². The maximum Gasteiger partial charge on any atom is 0.387 e. The van der Waals surface area contributed by atoms with E-state index in [1.54, 1.807) is 29.5 Å².